The average molecular weight is 267 g/mol. The van der Waals surface area contributed by atoms with Gasteiger partial charge in [-0.2, -0.15) is 0 Å². The predicted molar refractivity (Wildman–Crippen MR) is 78.5 cm³/mol. The molecular weight excluding hydrogens is 242 g/mol. The van der Waals surface area contributed by atoms with Crippen molar-refractivity contribution in [2.45, 2.75) is 38.5 Å². The first kappa shape index (κ1) is 14.0. The SMILES string of the molecule is CCN1CCC(c2ncc(CCCNC)s2)CC1. The Hall–Kier alpha value is -0.450. The molecule has 0 atom stereocenters. The van der Waals surface area contributed by atoms with Crippen LogP contribution in [-0.4, -0.2) is 43.1 Å². The Morgan fingerprint density at radius 3 is 2.89 bits per heavy atom. The third kappa shape index (κ3) is 3.77. The Kier molecular flexibility index (Phi) is 5.60. The maximum atomic E-state index is 4.65. The quantitative estimate of drug-likeness (QED) is 0.803. The van der Waals surface area contributed by atoms with Gasteiger partial charge in [-0.15, -0.1) is 11.3 Å². The zero-order valence-electron chi connectivity index (χ0n) is 11.6. The molecule has 18 heavy (non-hydrogen) atoms. The van der Waals surface area contributed by atoms with Crippen LogP contribution in [-0.2, 0) is 6.42 Å². The Morgan fingerprint density at radius 1 is 1.44 bits per heavy atom. The maximum Gasteiger partial charge on any atom is 0.0959 e. The van der Waals surface area contributed by atoms with E-state index in [1.54, 1.807) is 0 Å². The van der Waals surface area contributed by atoms with Gasteiger partial charge >= 0.3 is 0 Å². The summed E-state index contributed by atoms with van der Waals surface area (Å²) in [7, 11) is 2.01. The summed E-state index contributed by atoms with van der Waals surface area (Å²) in [6.45, 7) is 7.04. The molecule has 1 saturated heterocycles. The van der Waals surface area contributed by atoms with Gasteiger partial charge in [0, 0.05) is 17.0 Å². The average Bonchev–Trinajstić information content (AvgIpc) is 2.88. The molecule has 1 aliphatic rings. The molecule has 4 heteroatoms. The Labute approximate surface area is 115 Å². The van der Waals surface area contributed by atoms with E-state index in [0.29, 0.717) is 0 Å². The van der Waals surface area contributed by atoms with E-state index in [1.807, 2.05) is 18.4 Å². The van der Waals surface area contributed by atoms with Gasteiger partial charge in [0.25, 0.3) is 0 Å². The summed E-state index contributed by atoms with van der Waals surface area (Å²) in [6, 6.07) is 0. The monoisotopic (exact) mass is 267 g/mol. The second-order valence-corrected chi connectivity index (χ2v) is 6.23. The second-order valence-electron chi connectivity index (χ2n) is 5.08. The second kappa shape index (κ2) is 7.22. The lowest BCUT2D eigenvalue weighted by Crippen LogP contribution is -2.32. The van der Waals surface area contributed by atoms with Crippen LogP contribution in [0.1, 0.15) is 42.0 Å². The van der Waals surface area contributed by atoms with Crippen molar-refractivity contribution in [3.05, 3.63) is 16.1 Å². The largest absolute Gasteiger partial charge is 0.320 e. The van der Waals surface area contributed by atoms with Crippen LogP contribution in [0.2, 0.25) is 0 Å². The first-order chi connectivity index (χ1) is 8.83. The number of aryl methyl sites for hydroxylation is 1. The Bertz CT molecular complexity index is 343. The van der Waals surface area contributed by atoms with Gasteiger partial charge in [-0.3, -0.25) is 0 Å². The maximum absolute atomic E-state index is 4.65. The normalized spacial score (nSPS) is 18.3. The van der Waals surface area contributed by atoms with Crippen molar-refractivity contribution in [3.63, 3.8) is 0 Å². The zero-order chi connectivity index (χ0) is 12.8. The molecular formula is C14H25N3S. The minimum Gasteiger partial charge on any atom is -0.320 e. The van der Waals surface area contributed by atoms with Gasteiger partial charge in [-0.1, -0.05) is 6.92 Å². The summed E-state index contributed by atoms with van der Waals surface area (Å²) in [5.74, 6) is 0.718. The van der Waals surface area contributed by atoms with Crippen molar-refractivity contribution in [3.8, 4) is 0 Å². The van der Waals surface area contributed by atoms with Crippen LogP contribution in [0, 0.1) is 0 Å². The number of nitrogens with zero attached hydrogens (tertiary/aromatic N) is 2. The fourth-order valence-corrected chi connectivity index (χ4v) is 3.69. The van der Waals surface area contributed by atoms with E-state index in [9.17, 15) is 0 Å². The highest BCUT2D eigenvalue weighted by Crippen LogP contribution is 2.31. The molecule has 0 spiro atoms. The third-order valence-corrected chi connectivity index (χ3v) is 5.03. The van der Waals surface area contributed by atoms with Crippen molar-refractivity contribution in [2.75, 3.05) is 33.2 Å². The number of nitrogens with one attached hydrogen (secondary N) is 1. The van der Waals surface area contributed by atoms with Gasteiger partial charge in [-0.05, 0) is 58.9 Å². The van der Waals surface area contributed by atoms with Crippen LogP contribution in [0.3, 0.4) is 0 Å². The summed E-state index contributed by atoms with van der Waals surface area (Å²) < 4.78 is 0. The first-order valence-electron chi connectivity index (χ1n) is 7.15. The molecule has 3 nitrogen and oxygen atoms in total. The third-order valence-electron chi connectivity index (χ3n) is 3.81. The van der Waals surface area contributed by atoms with Gasteiger partial charge in [0.15, 0.2) is 0 Å². The zero-order valence-corrected chi connectivity index (χ0v) is 12.4. The first-order valence-corrected chi connectivity index (χ1v) is 7.96. The van der Waals surface area contributed by atoms with E-state index in [0.717, 1.165) is 12.5 Å². The molecule has 0 aliphatic carbocycles. The van der Waals surface area contributed by atoms with Crippen LogP contribution in [0.25, 0.3) is 0 Å². The van der Waals surface area contributed by atoms with Crippen LogP contribution in [0.5, 0.6) is 0 Å². The van der Waals surface area contributed by atoms with Crippen LogP contribution in [0.15, 0.2) is 6.20 Å². The Morgan fingerprint density at radius 2 is 2.22 bits per heavy atom. The van der Waals surface area contributed by atoms with E-state index in [2.05, 4.69) is 28.3 Å². The Balaban J connectivity index is 1.82. The summed E-state index contributed by atoms with van der Waals surface area (Å²) in [5, 5.41) is 4.58. The van der Waals surface area contributed by atoms with Crippen molar-refractivity contribution in [2.24, 2.45) is 0 Å². The van der Waals surface area contributed by atoms with Crippen LogP contribution < -0.4 is 5.32 Å². The molecule has 1 aromatic rings. The minimum atomic E-state index is 0.718. The molecule has 102 valence electrons. The van der Waals surface area contributed by atoms with Crippen molar-refractivity contribution in [1.29, 1.82) is 0 Å². The highest BCUT2D eigenvalue weighted by atomic mass is 32.1. The predicted octanol–water partition coefficient (Wildman–Crippen LogP) is 2.49. The lowest BCUT2D eigenvalue weighted by Gasteiger charge is -2.29. The van der Waals surface area contributed by atoms with Gasteiger partial charge in [0.05, 0.1) is 5.01 Å². The number of thiazole rings is 1. The summed E-state index contributed by atoms with van der Waals surface area (Å²) in [4.78, 5) is 8.65. The topological polar surface area (TPSA) is 28.2 Å². The summed E-state index contributed by atoms with van der Waals surface area (Å²) in [5.41, 5.74) is 0. The van der Waals surface area contributed by atoms with E-state index in [1.165, 1.54) is 55.2 Å². The van der Waals surface area contributed by atoms with E-state index < -0.39 is 0 Å². The number of aromatic nitrogens is 1. The number of piperidine rings is 1. The van der Waals surface area contributed by atoms with Crippen molar-refractivity contribution in [1.82, 2.24) is 15.2 Å². The highest BCUT2D eigenvalue weighted by molar-refractivity contribution is 7.11. The molecule has 0 bridgehead atoms. The molecule has 0 saturated carbocycles. The fraction of sp³-hybridized carbons (Fsp3) is 0.786. The molecule has 0 radical (unpaired) electrons. The number of rotatable bonds is 6. The van der Waals surface area contributed by atoms with E-state index in [4.69, 9.17) is 0 Å². The minimum absolute atomic E-state index is 0.718. The molecule has 1 aromatic heterocycles. The highest BCUT2D eigenvalue weighted by Gasteiger charge is 2.21. The smallest absolute Gasteiger partial charge is 0.0959 e. The van der Waals surface area contributed by atoms with E-state index >= 15 is 0 Å². The number of hydrogen-bond acceptors (Lipinski definition) is 4. The molecule has 1 N–H and O–H groups in total. The molecule has 0 unspecified atom stereocenters. The fourth-order valence-electron chi connectivity index (χ4n) is 2.56. The molecule has 2 rings (SSSR count). The number of likely N-dealkylation sites (tertiary alicyclic amines) is 1. The van der Waals surface area contributed by atoms with Crippen LogP contribution >= 0.6 is 11.3 Å². The molecule has 0 amide bonds. The lowest BCUT2D eigenvalue weighted by atomic mass is 9.98. The standard InChI is InChI=1S/C14H25N3S/c1-3-17-9-6-12(7-10-17)14-16-11-13(18-14)5-4-8-15-2/h11-12,15H,3-10H2,1-2H3. The van der Waals surface area contributed by atoms with Crippen molar-refractivity contribution >= 4 is 11.3 Å². The van der Waals surface area contributed by atoms with Gasteiger partial charge in [0.2, 0.25) is 0 Å². The van der Waals surface area contributed by atoms with Gasteiger partial charge in [-0.25, -0.2) is 4.98 Å². The summed E-state index contributed by atoms with van der Waals surface area (Å²) in [6.07, 6.45) is 7.06. The van der Waals surface area contributed by atoms with Gasteiger partial charge in [0.1, 0.15) is 0 Å². The lowest BCUT2D eigenvalue weighted by molar-refractivity contribution is 0.222. The molecule has 1 aliphatic heterocycles. The van der Waals surface area contributed by atoms with Crippen LogP contribution in [0.4, 0.5) is 0 Å². The molecule has 0 aromatic carbocycles. The molecule has 1 fully saturated rings. The van der Waals surface area contributed by atoms with E-state index in [-0.39, 0.29) is 0 Å². The number of hydrogen-bond donors (Lipinski definition) is 1. The van der Waals surface area contributed by atoms with Crippen molar-refractivity contribution < 1.29 is 0 Å². The molecule has 2 heterocycles. The summed E-state index contributed by atoms with van der Waals surface area (Å²) >= 11 is 1.94. The van der Waals surface area contributed by atoms with Gasteiger partial charge < -0.3 is 10.2 Å².